The average molecular weight is 271 g/mol. The molecule has 0 aliphatic rings. The molecular formula is C16H21N3O. The van der Waals surface area contributed by atoms with Gasteiger partial charge in [0.05, 0.1) is 6.04 Å². The van der Waals surface area contributed by atoms with Gasteiger partial charge in [0.25, 0.3) is 0 Å². The Morgan fingerprint density at radius 3 is 2.75 bits per heavy atom. The van der Waals surface area contributed by atoms with Crippen LogP contribution in [-0.4, -0.2) is 24.0 Å². The predicted molar refractivity (Wildman–Crippen MR) is 82.7 cm³/mol. The van der Waals surface area contributed by atoms with E-state index in [0.717, 1.165) is 22.9 Å². The Morgan fingerprint density at radius 2 is 2.05 bits per heavy atom. The Kier molecular flexibility index (Phi) is 4.69. The van der Waals surface area contributed by atoms with Crippen LogP contribution in [0.3, 0.4) is 0 Å². The predicted octanol–water partition coefficient (Wildman–Crippen LogP) is 2.81. The highest BCUT2D eigenvalue weighted by Gasteiger charge is 2.17. The third kappa shape index (κ3) is 3.54. The molecule has 2 aromatic rings. The van der Waals surface area contributed by atoms with Gasteiger partial charge in [-0.2, -0.15) is 0 Å². The number of pyridine rings is 1. The fourth-order valence-corrected chi connectivity index (χ4v) is 2.22. The molecule has 0 aliphatic heterocycles. The maximum Gasteiger partial charge on any atom is 0.241 e. The maximum atomic E-state index is 12.2. The largest absolute Gasteiger partial charge is 0.325 e. The van der Waals surface area contributed by atoms with E-state index < -0.39 is 0 Å². The van der Waals surface area contributed by atoms with Crippen molar-refractivity contribution in [2.24, 2.45) is 5.92 Å². The molecule has 1 amide bonds. The number of fused-ring (bicyclic) bond motifs is 1. The van der Waals surface area contributed by atoms with Crippen molar-refractivity contribution in [1.82, 2.24) is 10.3 Å². The lowest BCUT2D eigenvalue weighted by Crippen LogP contribution is -2.39. The van der Waals surface area contributed by atoms with E-state index in [1.165, 1.54) is 0 Å². The van der Waals surface area contributed by atoms with Crippen molar-refractivity contribution in [2.75, 3.05) is 12.4 Å². The fourth-order valence-electron chi connectivity index (χ4n) is 2.22. The quantitative estimate of drug-likeness (QED) is 0.879. The third-order valence-corrected chi connectivity index (χ3v) is 3.28. The van der Waals surface area contributed by atoms with E-state index in [9.17, 15) is 4.79 Å². The van der Waals surface area contributed by atoms with Crippen molar-refractivity contribution < 1.29 is 4.79 Å². The fraction of sp³-hybridized carbons (Fsp3) is 0.375. The molecule has 0 saturated heterocycles. The van der Waals surface area contributed by atoms with E-state index in [4.69, 9.17) is 0 Å². The van der Waals surface area contributed by atoms with E-state index in [0.29, 0.717) is 5.92 Å². The van der Waals surface area contributed by atoms with Crippen LogP contribution in [0.5, 0.6) is 0 Å². The molecular weight excluding hydrogens is 250 g/mol. The summed E-state index contributed by atoms with van der Waals surface area (Å²) >= 11 is 0. The first-order valence-corrected chi connectivity index (χ1v) is 6.92. The molecule has 1 aromatic carbocycles. The van der Waals surface area contributed by atoms with Crippen molar-refractivity contribution in [3.05, 3.63) is 36.7 Å². The Morgan fingerprint density at radius 1 is 1.25 bits per heavy atom. The molecule has 4 nitrogen and oxygen atoms in total. The smallest absolute Gasteiger partial charge is 0.241 e. The van der Waals surface area contributed by atoms with E-state index in [1.54, 1.807) is 12.4 Å². The van der Waals surface area contributed by atoms with Crippen LogP contribution in [0.1, 0.15) is 20.3 Å². The summed E-state index contributed by atoms with van der Waals surface area (Å²) < 4.78 is 0. The number of benzene rings is 1. The highest BCUT2D eigenvalue weighted by atomic mass is 16.2. The van der Waals surface area contributed by atoms with Gasteiger partial charge in [-0.25, -0.2) is 0 Å². The first kappa shape index (κ1) is 14.5. The Hall–Kier alpha value is -1.94. The van der Waals surface area contributed by atoms with Crippen molar-refractivity contribution >= 4 is 22.4 Å². The second-order valence-electron chi connectivity index (χ2n) is 5.40. The number of likely N-dealkylation sites (N-methyl/N-ethyl adjacent to an activating group) is 1. The number of carbonyl (C=O) groups is 1. The van der Waals surface area contributed by atoms with Gasteiger partial charge in [-0.05, 0) is 43.0 Å². The third-order valence-electron chi connectivity index (χ3n) is 3.28. The van der Waals surface area contributed by atoms with Crippen LogP contribution in [-0.2, 0) is 4.79 Å². The monoisotopic (exact) mass is 271 g/mol. The van der Waals surface area contributed by atoms with Gasteiger partial charge in [0.15, 0.2) is 0 Å². The van der Waals surface area contributed by atoms with Crippen LogP contribution in [0.4, 0.5) is 5.69 Å². The number of hydrogen-bond donors (Lipinski definition) is 2. The molecule has 0 bridgehead atoms. The van der Waals surface area contributed by atoms with Crippen LogP contribution in [0.25, 0.3) is 10.8 Å². The standard InChI is InChI=1S/C16H21N3O/c1-11(2)8-15(17-3)16(20)19-14-5-4-12-6-7-18-10-13(12)9-14/h4-7,9-11,15,17H,8H2,1-3H3,(H,19,20)/t15-/m1/s1. The summed E-state index contributed by atoms with van der Waals surface area (Å²) in [6.45, 7) is 4.22. The van der Waals surface area contributed by atoms with Gasteiger partial charge in [0.1, 0.15) is 0 Å². The molecule has 0 radical (unpaired) electrons. The van der Waals surface area contributed by atoms with Crippen LogP contribution in [0.15, 0.2) is 36.7 Å². The van der Waals surface area contributed by atoms with Gasteiger partial charge < -0.3 is 10.6 Å². The second-order valence-corrected chi connectivity index (χ2v) is 5.40. The minimum atomic E-state index is -0.167. The van der Waals surface area contributed by atoms with Crippen LogP contribution in [0, 0.1) is 5.92 Å². The molecule has 0 fully saturated rings. The number of aromatic nitrogens is 1. The Labute approximate surface area is 119 Å². The molecule has 1 atom stereocenters. The summed E-state index contributed by atoms with van der Waals surface area (Å²) in [5.74, 6) is 0.475. The van der Waals surface area contributed by atoms with Gasteiger partial charge >= 0.3 is 0 Å². The van der Waals surface area contributed by atoms with Gasteiger partial charge in [-0.3, -0.25) is 9.78 Å². The Balaban J connectivity index is 2.12. The molecule has 2 rings (SSSR count). The van der Waals surface area contributed by atoms with E-state index >= 15 is 0 Å². The summed E-state index contributed by atoms with van der Waals surface area (Å²) in [7, 11) is 1.82. The molecule has 4 heteroatoms. The zero-order chi connectivity index (χ0) is 14.5. The number of nitrogens with zero attached hydrogens (tertiary/aromatic N) is 1. The zero-order valence-corrected chi connectivity index (χ0v) is 12.2. The SMILES string of the molecule is CN[C@H](CC(C)C)C(=O)Nc1ccc2ccncc2c1. The highest BCUT2D eigenvalue weighted by molar-refractivity contribution is 5.97. The van der Waals surface area contributed by atoms with E-state index in [2.05, 4.69) is 29.5 Å². The topological polar surface area (TPSA) is 54.0 Å². The average Bonchev–Trinajstić information content (AvgIpc) is 2.44. The van der Waals surface area contributed by atoms with Crippen LogP contribution >= 0.6 is 0 Å². The number of anilines is 1. The van der Waals surface area contributed by atoms with Gasteiger partial charge in [-0.15, -0.1) is 0 Å². The summed E-state index contributed by atoms with van der Waals surface area (Å²) in [6, 6.07) is 7.64. The lowest BCUT2D eigenvalue weighted by atomic mass is 10.0. The lowest BCUT2D eigenvalue weighted by Gasteiger charge is -2.18. The zero-order valence-electron chi connectivity index (χ0n) is 12.2. The second kappa shape index (κ2) is 6.48. The van der Waals surface area contributed by atoms with Crippen molar-refractivity contribution in [1.29, 1.82) is 0 Å². The summed E-state index contributed by atoms with van der Waals surface area (Å²) in [6.07, 6.45) is 4.38. The van der Waals surface area contributed by atoms with Gasteiger partial charge in [-0.1, -0.05) is 19.9 Å². The molecule has 2 N–H and O–H groups in total. The normalized spacial score (nSPS) is 12.6. The van der Waals surface area contributed by atoms with Crippen LogP contribution in [0.2, 0.25) is 0 Å². The minimum absolute atomic E-state index is 0.00411. The van der Waals surface area contributed by atoms with Gasteiger partial charge in [0.2, 0.25) is 5.91 Å². The molecule has 0 spiro atoms. The van der Waals surface area contributed by atoms with Crippen LogP contribution < -0.4 is 10.6 Å². The van der Waals surface area contributed by atoms with E-state index in [1.807, 2.05) is 31.3 Å². The minimum Gasteiger partial charge on any atom is -0.325 e. The van der Waals surface area contributed by atoms with Gasteiger partial charge in [0, 0.05) is 23.5 Å². The number of hydrogen-bond acceptors (Lipinski definition) is 3. The molecule has 0 saturated carbocycles. The first-order chi connectivity index (χ1) is 9.60. The van der Waals surface area contributed by atoms with Crippen molar-refractivity contribution in [2.45, 2.75) is 26.3 Å². The number of amides is 1. The summed E-state index contributed by atoms with van der Waals surface area (Å²) in [5.41, 5.74) is 0.805. The van der Waals surface area contributed by atoms with Crippen molar-refractivity contribution in [3.63, 3.8) is 0 Å². The first-order valence-electron chi connectivity index (χ1n) is 6.92. The lowest BCUT2D eigenvalue weighted by molar-refractivity contribution is -0.118. The molecule has 106 valence electrons. The number of rotatable bonds is 5. The highest BCUT2D eigenvalue weighted by Crippen LogP contribution is 2.18. The molecule has 1 heterocycles. The molecule has 1 aromatic heterocycles. The number of carbonyl (C=O) groups excluding carboxylic acids is 1. The molecule has 0 aliphatic carbocycles. The molecule has 0 unspecified atom stereocenters. The number of nitrogens with one attached hydrogen (secondary N) is 2. The Bertz CT molecular complexity index is 595. The maximum absolute atomic E-state index is 12.2. The molecule has 20 heavy (non-hydrogen) atoms. The van der Waals surface area contributed by atoms with Crippen molar-refractivity contribution in [3.8, 4) is 0 Å². The summed E-state index contributed by atoms with van der Waals surface area (Å²) in [5, 5.41) is 8.17. The van der Waals surface area contributed by atoms with E-state index in [-0.39, 0.29) is 11.9 Å². The summed E-state index contributed by atoms with van der Waals surface area (Å²) in [4.78, 5) is 16.3.